The van der Waals surface area contributed by atoms with Gasteiger partial charge in [-0.15, -0.1) is 0 Å². The van der Waals surface area contributed by atoms with Crippen LogP contribution in [0.5, 0.6) is 5.75 Å². The van der Waals surface area contributed by atoms with E-state index in [1.807, 2.05) is 6.92 Å². The highest BCUT2D eigenvalue weighted by Gasteiger charge is 2.29. The van der Waals surface area contributed by atoms with Crippen molar-refractivity contribution in [3.63, 3.8) is 0 Å². The number of sulfonamides is 1. The van der Waals surface area contributed by atoms with Gasteiger partial charge in [0.2, 0.25) is 10.0 Å². The van der Waals surface area contributed by atoms with E-state index in [0.717, 1.165) is 23.7 Å². The van der Waals surface area contributed by atoms with Gasteiger partial charge in [0, 0.05) is 19.2 Å². The molecule has 0 amide bonds. The summed E-state index contributed by atoms with van der Waals surface area (Å²) in [5, 5.41) is 0. The smallest absolute Gasteiger partial charge is 0.243 e. The summed E-state index contributed by atoms with van der Waals surface area (Å²) >= 11 is 3.40. The van der Waals surface area contributed by atoms with Crippen molar-refractivity contribution in [3.8, 4) is 5.75 Å². The van der Waals surface area contributed by atoms with Crippen molar-refractivity contribution in [2.24, 2.45) is 5.92 Å². The van der Waals surface area contributed by atoms with Crippen LogP contribution in [0.25, 0.3) is 0 Å². The van der Waals surface area contributed by atoms with Crippen LogP contribution in [0.1, 0.15) is 33.1 Å². The van der Waals surface area contributed by atoms with Crippen molar-refractivity contribution >= 4 is 26.0 Å². The summed E-state index contributed by atoms with van der Waals surface area (Å²) in [7, 11) is -3.43. The molecule has 1 aliphatic heterocycles. The number of nitrogens with zero attached hydrogens (tertiary/aromatic N) is 1. The zero-order valence-electron chi connectivity index (χ0n) is 12.5. The minimum atomic E-state index is -3.43. The molecule has 0 aliphatic carbocycles. The molecule has 0 radical (unpaired) electrons. The molecule has 1 fully saturated rings. The fraction of sp³-hybridized carbons (Fsp3) is 0.600. The van der Waals surface area contributed by atoms with Crippen molar-refractivity contribution in [2.45, 2.75) is 38.0 Å². The molecular formula is C15H22BrNO3S. The molecule has 0 unspecified atom stereocenters. The lowest BCUT2D eigenvalue weighted by atomic mass is 10.0. The third-order valence-electron chi connectivity index (χ3n) is 3.62. The Labute approximate surface area is 135 Å². The monoisotopic (exact) mass is 375 g/mol. The van der Waals surface area contributed by atoms with Gasteiger partial charge in [-0.2, -0.15) is 4.31 Å². The van der Waals surface area contributed by atoms with Crippen LogP contribution in [-0.4, -0.2) is 32.4 Å². The molecule has 0 aromatic heterocycles. The lowest BCUT2D eigenvalue weighted by Gasteiger charge is -2.30. The Hall–Kier alpha value is -0.590. The molecule has 1 atom stereocenters. The lowest BCUT2D eigenvalue weighted by molar-refractivity contribution is 0.281. The molecule has 1 aromatic carbocycles. The number of halogens is 1. The van der Waals surface area contributed by atoms with E-state index in [4.69, 9.17) is 4.74 Å². The molecule has 0 saturated carbocycles. The zero-order chi connectivity index (χ0) is 15.5. The van der Waals surface area contributed by atoms with Crippen molar-refractivity contribution in [2.75, 3.05) is 19.7 Å². The number of rotatable bonds is 5. The van der Waals surface area contributed by atoms with Crippen molar-refractivity contribution in [3.05, 3.63) is 22.7 Å². The van der Waals surface area contributed by atoms with Crippen LogP contribution in [0.3, 0.4) is 0 Å². The minimum absolute atomic E-state index is 0.311. The highest BCUT2D eigenvalue weighted by molar-refractivity contribution is 9.10. The summed E-state index contributed by atoms with van der Waals surface area (Å²) in [4.78, 5) is 0.311. The molecule has 0 N–H and O–H groups in total. The molecule has 2 rings (SSSR count). The second-order valence-corrected chi connectivity index (χ2v) is 8.34. The summed E-state index contributed by atoms with van der Waals surface area (Å²) < 4.78 is 33.4. The van der Waals surface area contributed by atoms with Gasteiger partial charge >= 0.3 is 0 Å². The summed E-state index contributed by atoms with van der Waals surface area (Å²) in [6.07, 6.45) is 2.90. The van der Waals surface area contributed by atoms with Crippen LogP contribution in [0.15, 0.2) is 27.6 Å². The van der Waals surface area contributed by atoms with Crippen LogP contribution >= 0.6 is 15.9 Å². The van der Waals surface area contributed by atoms with E-state index in [-0.39, 0.29) is 0 Å². The summed E-state index contributed by atoms with van der Waals surface area (Å²) in [6.45, 7) is 5.89. The molecular weight excluding hydrogens is 354 g/mol. The van der Waals surface area contributed by atoms with Crippen LogP contribution in [0.4, 0.5) is 0 Å². The molecule has 1 aromatic rings. The highest BCUT2D eigenvalue weighted by Crippen LogP contribution is 2.30. The van der Waals surface area contributed by atoms with Gasteiger partial charge < -0.3 is 4.74 Å². The predicted molar refractivity (Wildman–Crippen MR) is 87.1 cm³/mol. The Balaban J connectivity index is 2.27. The maximum absolute atomic E-state index is 12.7. The van der Waals surface area contributed by atoms with Gasteiger partial charge in [-0.1, -0.05) is 13.8 Å². The van der Waals surface area contributed by atoms with Crippen LogP contribution < -0.4 is 4.74 Å². The van der Waals surface area contributed by atoms with E-state index in [1.54, 1.807) is 22.5 Å². The first kappa shape index (κ1) is 16.8. The summed E-state index contributed by atoms with van der Waals surface area (Å²) in [5.41, 5.74) is 0. The van der Waals surface area contributed by atoms with Crippen molar-refractivity contribution < 1.29 is 13.2 Å². The predicted octanol–water partition coefficient (Wildman–Crippen LogP) is 3.66. The number of benzene rings is 1. The topological polar surface area (TPSA) is 46.6 Å². The Kier molecular flexibility index (Phi) is 5.68. The largest absolute Gasteiger partial charge is 0.492 e. The van der Waals surface area contributed by atoms with Gasteiger partial charge in [0.1, 0.15) is 5.75 Å². The minimum Gasteiger partial charge on any atom is -0.492 e. The van der Waals surface area contributed by atoms with E-state index in [1.165, 1.54) is 0 Å². The second kappa shape index (κ2) is 7.11. The molecule has 118 valence electrons. The Morgan fingerprint density at radius 3 is 2.86 bits per heavy atom. The Bertz CT molecular complexity index is 589. The molecule has 21 heavy (non-hydrogen) atoms. The first-order valence-corrected chi connectivity index (χ1v) is 9.61. The highest BCUT2D eigenvalue weighted by atomic mass is 79.9. The third kappa shape index (κ3) is 3.99. The van der Waals surface area contributed by atoms with Crippen LogP contribution in [0, 0.1) is 5.92 Å². The molecule has 0 spiro atoms. The summed E-state index contributed by atoms with van der Waals surface area (Å²) in [5.74, 6) is 1.00. The molecule has 4 nitrogen and oxygen atoms in total. The number of hydrogen-bond donors (Lipinski definition) is 0. The average Bonchev–Trinajstić information content (AvgIpc) is 2.46. The quantitative estimate of drug-likeness (QED) is 0.788. The fourth-order valence-corrected chi connectivity index (χ4v) is 4.46. The average molecular weight is 376 g/mol. The first-order chi connectivity index (χ1) is 9.95. The van der Waals surface area contributed by atoms with Gasteiger partial charge in [0.15, 0.2) is 0 Å². The SMILES string of the molecule is CCCOc1cc(S(=O)(=O)N2CCC[C@@H](C)C2)ccc1Br. The van der Waals surface area contributed by atoms with Gasteiger partial charge in [0.25, 0.3) is 0 Å². The van der Waals surface area contributed by atoms with Gasteiger partial charge in [-0.05, 0) is 53.2 Å². The Morgan fingerprint density at radius 2 is 2.19 bits per heavy atom. The molecule has 0 bridgehead atoms. The summed E-state index contributed by atoms with van der Waals surface area (Å²) in [6, 6.07) is 5.00. The molecule has 1 aliphatic rings. The maximum Gasteiger partial charge on any atom is 0.243 e. The van der Waals surface area contributed by atoms with Crippen molar-refractivity contribution in [1.29, 1.82) is 0 Å². The second-order valence-electron chi connectivity index (χ2n) is 5.55. The Morgan fingerprint density at radius 1 is 1.43 bits per heavy atom. The van der Waals surface area contributed by atoms with Crippen LogP contribution in [0.2, 0.25) is 0 Å². The van der Waals surface area contributed by atoms with E-state index < -0.39 is 10.0 Å². The normalized spacial score (nSPS) is 20.4. The van der Waals surface area contributed by atoms with Gasteiger partial charge in [-0.3, -0.25) is 0 Å². The first-order valence-electron chi connectivity index (χ1n) is 7.37. The van der Waals surface area contributed by atoms with Crippen LogP contribution in [-0.2, 0) is 10.0 Å². The van der Waals surface area contributed by atoms with E-state index >= 15 is 0 Å². The molecule has 6 heteroatoms. The van der Waals surface area contributed by atoms with Gasteiger partial charge in [-0.25, -0.2) is 8.42 Å². The zero-order valence-corrected chi connectivity index (χ0v) is 14.9. The number of piperidine rings is 1. The standard InChI is InChI=1S/C15H22BrNO3S/c1-3-9-20-15-10-13(6-7-14(15)16)21(18,19)17-8-4-5-12(2)11-17/h6-7,10,12H,3-5,8-9,11H2,1-2H3/t12-/m1/s1. The van der Waals surface area contributed by atoms with E-state index in [9.17, 15) is 8.42 Å². The third-order valence-corrected chi connectivity index (χ3v) is 6.14. The number of ether oxygens (including phenoxy) is 1. The maximum atomic E-state index is 12.7. The van der Waals surface area contributed by atoms with Crippen molar-refractivity contribution in [1.82, 2.24) is 4.31 Å². The molecule has 1 saturated heterocycles. The van der Waals surface area contributed by atoms with Gasteiger partial charge in [0.05, 0.1) is 16.0 Å². The number of hydrogen-bond acceptors (Lipinski definition) is 3. The van der Waals surface area contributed by atoms with E-state index in [0.29, 0.717) is 36.3 Å². The lowest BCUT2D eigenvalue weighted by Crippen LogP contribution is -2.39. The molecule has 1 heterocycles. The van der Waals surface area contributed by atoms with E-state index in [2.05, 4.69) is 22.9 Å². The fourth-order valence-electron chi connectivity index (χ4n) is 2.48.